The van der Waals surface area contributed by atoms with Crippen LogP contribution in [0.3, 0.4) is 0 Å². The van der Waals surface area contributed by atoms with Gasteiger partial charge in [0.25, 0.3) is 0 Å². The number of urea groups is 1. The van der Waals surface area contributed by atoms with E-state index in [1.807, 2.05) is 42.5 Å². The second-order valence-corrected chi connectivity index (χ2v) is 16.9. The molecule has 4 saturated carbocycles. The number of likely N-dealkylation sites (tertiary alicyclic amines) is 1. The average molecular weight is 720 g/mol. The van der Waals surface area contributed by atoms with Crippen LogP contribution in [0.25, 0.3) is 0 Å². The highest BCUT2D eigenvalue weighted by Gasteiger charge is 2.52. The molecule has 10 rings (SSSR count). The van der Waals surface area contributed by atoms with Gasteiger partial charge in [-0.15, -0.1) is 0 Å². The highest BCUT2D eigenvalue weighted by Crippen LogP contribution is 2.55. The number of piperidine rings is 1. The third-order valence-corrected chi connectivity index (χ3v) is 13.3. The quantitative estimate of drug-likeness (QED) is 0.217. The van der Waals surface area contributed by atoms with Crippen LogP contribution >= 0.6 is 0 Å². The van der Waals surface area contributed by atoms with Crippen molar-refractivity contribution in [1.82, 2.24) is 20.9 Å². The lowest BCUT2D eigenvalue weighted by atomic mass is 9.53. The molecule has 0 aromatic heterocycles. The van der Waals surface area contributed by atoms with Crippen molar-refractivity contribution in [3.8, 4) is 0 Å². The summed E-state index contributed by atoms with van der Waals surface area (Å²) in [6.45, 7) is 3.35. The summed E-state index contributed by atoms with van der Waals surface area (Å²) < 4.78 is 13.3. The summed E-state index contributed by atoms with van der Waals surface area (Å²) in [6, 6.07) is 26.4. The molecule has 4 N–H and O–H groups in total. The molecule has 3 amide bonds. The topological polar surface area (TPSA) is 115 Å². The second kappa shape index (κ2) is 14.4. The highest BCUT2D eigenvalue weighted by molar-refractivity contribution is 5.93. The monoisotopic (exact) mass is 719 g/mol. The zero-order valence-electron chi connectivity index (χ0n) is 30.6. The van der Waals surface area contributed by atoms with Crippen LogP contribution in [0.2, 0.25) is 0 Å². The minimum Gasteiger partial charge on any atom is -0.392 e. The van der Waals surface area contributed by atoms with Gasteiger partial charge in [-0.2, -0.15) is 0 Å². The number of amides is 3. The smallest absolute Gasteiger partial charge is 0.315 e. The molecule has 3 heterocycles. The van der Waals surface area contributed by atoms with Gasteiger partial charge in [-0.25, -0.2) is 4.79 Å². The minimum absolute atomic E-state index is 0.00146. The molecule has 4 bridgehead atoms. The van der Waals surface area contributed by atoms with Gasteiger partial charge in [0.1, 0.15) is 5.54 Å². The van der Waals surface area contributed by atoms with E-state index < -0.39 is 11.8 Å². The highest BCUT2D eigenvalue weighted by atomic mass is 16.7. The van der Waals surface area contributed by atoms with E-state index in [1.54, 1.807) is 0 Å². The van der Waals surface area contributed by atoms with Crippen LogP contribution in [0.5, 0.6) is 0 Å². The Balaban J connectivity index is 0.845. The zero-order valence-corrected chi connectivity index (χ0v) is 30.6. The molecule has 3 aromatic rings. The summed E-state index contributed by atoms with van der Waals surface area (Å²) >= 11 is 0. The molecule has 7 aliphatic rings. The van der Waals surface area contributed by atoms with Crippen molar-refractivity contribution in [2.24, 2.45) is 17.8 Å². The number of rotatable bonds is 9. The van der Waals surface area contributed by atoms with Crippen molar-refractivity contribution < 1.29 is 24.2 Å². The van der Waals surface area contributed by atoms with Gasteiger partial charge < -0.3 is 40.3 Å². The fourth-order valence-electron chi connectivity index (χ4n) is 11.0. The number of ether oxygens (including phenoxy) is 2. The fraction of sp³-hybridized carbons (Fsp3) is 0.535. The van der Waals surface area contributed by atoms with Crippen LogP contribution in [0, 0.1) is 17.8 Å². The molecular weight excluding hydrogens is 667 g/mol. The zero-order chi connectivity index (χ0) is 36.0. The van der Waals surface area contributed by atoms with Gasteiger partial charge in [-0.3, -0.25) is 4.79 Å². The number of aliphatic hydroxyl groups excluding tert-OH is 1. The summed E-state index contributed by atoms with van der Waals surface area (Å²) in [6.07, 6.45) is 8.88. The van der Waals surface area contributed by atoms with Crippen LogP contribution in [0.15, 0.2) is 78.9 Å². The van der Waals surface area contributed by atoms with Crippen molar-refractivity contribution in [3.63, 3.8) is 0 Å². The number of aliphatic hydroxyl groups is 1. The van der Waals surface area contributed by atoms with Gasteiger partial charge in [-0.05, 0) is 97.9 Å². The van der Waals surface area contributed by atoms with E-state index >= 15 is 0 Å². The lowest BCUT2D eigenvalue weighted by Crippen LogP contribution is -2.61. The summed E-state index contributed by atoms with van der Waals surface area (Å²) in [5, 5.41) is 19.3. The number of nitrogens with zero attached hydrogens (tertiary/aromatic N) is 2. The number of benzene rings is 3. The Morgan fingerprint density at radius 2 is 1.45 bits per heavy atom. The van der Waals surface area contributed by atoms with Gasteiger partial charge in [0.05, 0.1) is 25.5 Å². The van der Waals surface area contributed by atoms with Crippen LogP contribution in [0.1, 0.15) is 92.4 Å². The van der Waals surface area contributed by atoms with Gasteiger partial charge in [0.2, 0.25) is 5.91 Å². The molecule has 53 heavy (non-hydrogen) atoms. The van der Waals surface area contributed by atoms with E-state index in [0.29, 0.717) is 19.6 Å². The lowest BCUT2D eigenvalue weighted by molar-refractivity contribution is -0.253. The predicted molar refractivity (Wildman–Crippen MR) is 201 cm³/mol. The minimum atomic E-state index is -0.553. The normalized spacial score (nSPS) is 31.8. The first-order valence-corrected chi connectivity index (χ1v) is 19.8. The van der Waals surface area contributed by atoms with Crippen molar-refractivity contribution >= 4 is 17.6 Å². The van der Waals surface area contributed by atoms with E-state index in [1.165, 1.54) is 19.3 Å². The first-order valence-electron chi connectivity index (χ1n) is 19.8. The van der Waals surface area contributed by atoms with Crippen LogP contribution < -0.4 is 20.9 Å². The van der Waals surface area contributed by atoms with E-state index in [0.717, 1.165) is 97.4 Å². The Bertz CT molecular complexity index is 1720. The van der Waals surface area contributed by atoms with E-state index in [2.05, 4.69) is 62.1 Å². The third-order valence-electron chi connectivity index (χ3n) is 13.3. The molecule has 3 unspecified atom stereocenters. The molecule has 7 fully saturated rings. The summed E-state index contributed by atoms with van der Waals surface area (Å²) in [7, 11) is 0. The molecular formula is C43H53N5O5. The summed E-state index contributed by atoms with van der Waals surface area (Å²) in [5.74, 6) is 2.48. The molecule has 0 radical (unpaired) electrons. The Labute approximate surface area is 312 Å². The van der Waals surface area contributed by atoms with Gasteiger partial charge in [0.15, 0.2) is 6.29 Å². The molecule has 3 atom stereocenters. The average Bonchev–Trinajstić information content (AvgIpc) is 3.49. The standard InChI is InChI=1S/C43H53N5O5/c49-27-30-8-10-34(11-9-30)38-21-37(26-47-16-14-43(15-17-47)40(50)45-28-48(43)36-4-2-1-3-5-36)52-39(53-38)35-12-6-29(7-13-35)25-44-41(51)46-42-22-31-18-32(23-42)20-33(19-31)24-42/h1-13,31-33,37-39,49H,14-28H2,(H,45,50)(H2,44,46,51). The number of para-hydroxylation sites is 1. The molecule has 10 nitrogen and oxygen atoms in total. The van der Waals surface area contributed by atoms with Crippen molar-refractivity contribution in [2.75, 3.05) is 31.2 Å². The third kappa shape index (κ3) is 7.07. The number of hydrogen-bond acceptors (Lipinski definition) is 7. The van der Waals surface area contributed by atoms with Crippen molar-refractivity contribution in [3.05, 3.63) is 101 Å². The molecule has 3 saturated heterocycles. The second-order valence-electron chi connectivity index (χ2n) is 16.9. The first kappa shape index (κ1) is 34.8. The molecule has 10 heteroatoms. The number of nitrogens with one attached hydrogen (secondary N) is 3. The van der Waals surface area contributed by atoms with Gasteiger partial charge in [-0.1, -0.05) is 66.7 Å². The largest absolute Gasteiger partial charge is 0.392 e. The maximum Gasteiger partial charge on any atom is 0.315 e. The van der Waals surface area contributed by atoms with E-state index in [4.69, 9.17) is 9.47 Å². The Morgan fingerprint density at radius 3 is 2.11 bits per heavy atom. The Kier molecular flexibility index (Phi) is 9.42. The summed E-state index contributed by atoms with van der Waals surface area (Å²) in [4.78, 5) is 31.0. The van der Waals surface area contributed by atoms with Crippen molar-refractivity contribution in [2.45, 2.75) is 101 Å². The van der Waals surface area contributed by atoms with E-state index in [9.17, 15) is 14.7 Å². The molecule has 1 spiro atoms. The van der Waals surface area contributed by atoms with Crippen LogP contribution in [-0.4, -0.2) is 65.4 Å². The molecule has 280 valence electrons. The van der Waals surface area contributed by atoms with Crippen LogP contribution in [-0.2, 0) is 27.4 Å². The molecule has 3 aliphatic heterocycles. The van der Waals surface area contributed by atoms with Crippen LogP contribution in [0.4, 0.5) is 10.5 Å². The molecule has 3 aromatic carbocycles. The maximum absolute atomic E-state index is 13.3. The van der Waals surface area contributed by atoms with Crippen molar-refractivity contribution in [1.29, 1.82) is 0 Å². The number of anilines is 1. The number of hydrogen-bond donors (Lipinski definition) is 4. The fourth-order valence-corrected chi connectivity index (χ4v) is 11.0. The predicted octanol–water partition coefficient (Wildman–Crippen LogP) is 5.92. The molecule has 4 aliphatic carbocycles. The Morgan fingerprint density at radius 1 is 0.811 bits per heavy atom. The maximum atomic E-state index is 13.3. The lowest BCUT2D eigenvalue weighted by Gasteiger charge is -2.56. The number of carbonyl (C=O) groups is 2. The van der Waals surface area contributed by atoms with Gasteiger partial charge >= 0.3 is 6.03 Å². The Hall–Kier alpha value is -3.96. The van der Waals surface area contributed by atoms with Gasteiger partial charge in [0, 0.05) is 49.4 Å². The first-order chi connectivity index (χ1) is 25.8. The SMILES string of the molecule is O=C(NCc1ccc(C2OC(CN3CCC4(CC3)C(=O)NCN4c3ccccc3)CC(c3ccc(CO)cc3)O2)cc1)NC12CC3CC(CC(C3)C1)C2. The van der Waals surface area contributed by atoms with E-state index in [-0.39, 0.29) is 36.3 Å². The summed E-state index contributed by atoms with van der Waals surface area (Å²) in [5.41, 5.74) is 4.44. The number of carbonyl (C=O) groups excluding carboxylic acids is 2.